The largest absolute Gasteiger partial charge is 0.744 e. The normalized spacial score (nSPS) is 11.5. The fourth-order valence-corrected chi connectivity index (χ4v) is 6.50. The molecule has 0 unspecified atom stereocenters. The first kappa shape index (κ1) is 25.4. The van der Waals surface area contributed by atoms with Crippen LogP contribution >= 0.6 is 7.26 Å². The molecule has 4 rings (SSSR count). The van der Waals surface area contributed by atoms with Crippen LogP contribution in [0.4, 0.5) is 0 Å². The lowest BCUT2D eigenvalue weighted by molar-refractivity contribution is 0.414. The highest BCUT2D eigenvalue weighted by Gasteiger charge is 2.34. The van der Waals surface area contributed by atoms with E-state index in [4.69, 9.17) is 4.74 Å². The molecule has 0 aliphatic carbocycles. The van der Waals surface area contributed by atoms with E-state index in [2.05, 4.69) is 110 Å². The molecule has 0 saturated carbocycles. The molecular weight excluding hydrogens is 463 g/mol. The quantitative estimate of drug-likeness (QED) is 0.262. The third-order valence-electron chi connectivity index (χ3n) is 5.30. The first-order chi connectivity index (χ1) is 16.3. The van der Waals surface area contributed by atoms with Gasteiger partial charge in [-0.2, -0.15) is 0 Å². The Morgan fingerprint density at radius 1 is 0.706 bits per heavy atom. The highest BCUT2D eigenvalue weighted by atomic mass is 32.2. The Kier molecular flexibility index (Phi) is 8.78. The molecule has 0 fully saturated rings. The van der Waals surface area contributed by atoms with E-state index in [9.17, 15) is 13.0 Å². The van der Waals surface area contributed by atoms with Gasteiger partial charge < -0.3 is 9.29 Å². The van der Waals surface area contributed by atoms with Gasteiger partial charge in [0, 0.05) is 0 Å². The summed E-state index contributed by atoms with van der Waals surface area (Å²) in [5.41, 5.74) is 1.25. The average Bonchev–Trinajstić information content (AvgIpc) is 2.89. The van der Waals surface area contributed by atoms with Crippen LogP contribution in [0.25, 0.3) is 6.08 Å². The zero-order valence-corrected chi connectivity index (χ0v) is 20.8. The second kappa shape index (κ2) is 11.8. The molecule has 4 aromatic rings. The van der Waals surface area contributed by atoms with Crippen LogP contribution in [-0.4, -0.2) is 26.7 Å². The topological polar surface area (TPSA) is 66.4 Å². The molecule has 0 aliphatic heterocycles. The summed E-state index contributed by atoms with van der Waals surface area (Å²) in [4.78, 5) is -0.247. The van der Waals surface area contributed by atoms with E-state index in [-0.39, 0.29) is 4.90 Å². The van der Waals surface area contributed by atoms with Crippen LogP contribution in [0, 0.1) is 0 Å². The molecule has 0 spiro atoms. The lowest BCUT2D eigenvalue weighted by Gasteiger charge is -2.19. The molecule has 0 amide bonds. The molecule has 0 bridgehead atoms. The van der Waals surface area contributed by atoms with Gasteiger partial charge in [-0.15, -0.1) is 0 Å². The van der Waals surface area contributed by atoms with Gasteiger partial charge in [0.2, 0.25) is 0 Å². The van der Waals surface area contributed by atoms with Crippen molar-refractivity contribution in [2.75, 3.05) is 13.8 Å². The van der Waals surface area contributed by atoms with Crippen molar-refractivity contribution in [2.24, 2.45) is 0 Å². The van der Waals surface area contributed by atoms with Gasteiger partial charge in [-0.25, -0.2) is 8.42 Å². The van der Waals surface area contributed by atoms with E-state index in [1.807, 2.05) is 0 Å². The number of ether oxygens (including phenoxy) is 1. The van der Waals surface area contributed by atoms with Gasteiger partial charge in [-0.3, -0.25) is 0 Å². The molecular formula is C28H27O4PS. The summed E-state index contributed by atoms with van der Waals surface area (Å²) in [7, 11) is -4.39. The molecule has 6 heteroatoms. The number of hydrogen-bond donors (Lipinski definition) is 0. The van der Waals surface area contributed by atoms with Gasteiger partial charge in [0.05, 0.1) is 24.5 Å². The van der Waals surface area contributed by atoms with Crippen molar-refractivity contribution >= 4 is 34.1 Å². The Morgan fingerprint density at radius 3 is 1.56 bits per heavy atom. The van der Waals surface area contributed by atoms with Gasteiger partial charge in [0.1, 0.15) is 33.7 Å². The minimum atomic E-state index is -4.33. The summed E-state index contributed by atoms with van der Waals surface area (Å²) >= 11 is 0. The first-order valence-electron chi connectivity index (χ1n) is 10.6. The zero-order valence-electron chi connectivity index (χ0n) is 19.1. The van der Waals surface area contributed by atoms with E-state index in [0.717, 1.165) is 0 Å². The molecule has 34 heavy (non-hydrogen) atoms. The summed E-state index contributed by atoms with van der Waals surface area (Å²) < 4.78 is 36.1. The third kappa shape index (κ3) is 6.88. The molecule has 0 aliphatic rings. The maximum Gasteiger partial charge on any atom is 0.124 e. The smallest absolute Gasteiger partial charge is 0.124 e. The average molecular weight is 491 g/mol. The van der Waals surface area contributed by atoms with Crippen molar-refractivity contribution in [1.82, 2.24) is 0 Å². The molecule has 0 N–H and O–H groups in total. The SMILES string of the molecule is COc1ccc(S(=O)(=O)[O-])cc1.C[P+](/C=C/c1ccccc1)(c1ccccc1)c1ccccc1. The van der Waals surface area contributed by atoms with Gasteiger partial charge in [-0.05, 0) is 60.2 Å². The molecule has 4 aromatic carbocycles. The zero-order chi connectivity index (χ0) is 24.4. The Bertz CT molecular complexity index is 1250. The maximum absolute atomic E-state index is 10.4. The Balaban J connectivity index is 0.000000229. The van der Waals surface area contributed by atoms with Crippen LogP contribution in [0.15, 0.2) is 126 Å². The predicted molar refractivity (Wildman–Crippen MR) is 141 cm³/mol. The van der Waals surface area contributed by atoms with Crippen LogP contribution in [0.1, 0.15) is 5.56 Å². The van der Waals surface area contributed by atoms with E-state index in [1.54, 1.807) is 0 Å². The monoisotopic (exact) mass is 490 g/mol. The molecule has 4 nitrogen and oxygen atoms in total. The Hall–Kier alpha value is -3.24. The molecule has 174 valence electrons. The van der Waals surface area contributed by atoms with Crippen LogP contribution in [-0.2, 0) is 10.1 Å². The second-order valence-corrected chi connectivity index (χ2v) is 12.5. The molecule has 0 aromatic heterocycles. The Morgan fingerprint density at radius 2 is 1.15 bits per heavy atom. The fourth-order valence-electron chi connectivity index (χ4n) is 3.34. The first-order valence-corrected chi connectivity index (χ1v) is 14.4. The number of rotatable bonds is 6. The van der Waals surface area contributed by atoms with E-state index in [1.165, 1.54) is 47.5 Å². The number of hydrogen-bond acceptors (Lipinski definition) is 4. The van der Waals surface area contributed by atoms with E-state index in [0.29, 0.717) is 5.75 Å². The van der Waals surface area contributed by atoms with Gasteiger partial charge in [0.25, 0.3) is 0 Å². The van der Waals surface area contributed by atoms with Gasteiger partial charge >= 0.3 is 0 Å². The lowest BCUT2D eigenvalue weighted by Crippen LogP contribution is -2.19. The summed E-state index contributed by atoms with van der Waals surface area (Å²) in [5, 5.41) is 2.82. The summed E-state index contributed by atoms with van der Waals surface area (Å²) in [6.07, 6.45) is 2.26. The van der Waals surface area contributed by atoms with Crippen LogP contribution < -0.4 is 15.3 Å². The summed E-state index contributed by atoms with van der Waals surface area (Å²) in [6.45, 7) is 2.39. The summed E-state index contributed by atoms with van der Waals surface area (Å²) in [6, 6.07) is 37.5. The number of benzene rings is 4. The van der Waals surface area contributed by atoms with Crippen molar-refractivity contribution in [2.45, 2.75) is 4.90 Å². The van der Waals surface area contributed by atoms with Gasteiger partial charge in [-0.1, -0.05) is 66.7 Å². The van der Waals surface area contributed by atoms with Crippen LogP contribution in [0.3, 0.4) is 0 Å². The molecule has 0 radical (unpaired) electrons. The van der Waals surface area contributed by atoms with Gasteiger partial charge in [0.15, 0.2) is 0 Å². The van der Waals surface area contributed by atoms with Crippen LogP contribution in [0.2, 0.25) is 0 Å². The minimum Gasteiger partial charge on any atom is -0.744 e. The van der Waals surface area contributed by atoms with Crippen LogP contribution in [0.5, 0.6) is 5.75 Å². The van der Waals surface area contributed by atoms with E-state index < -0.39 is 17.4 Å². The minimum absolute atomic E-state index is 0.247. The van der Waals surface area contributed by atoms with Crippen molar-refractivity contribution < 1.29 is 17.7 Å². The lowest BCUT2D eigenvalue weighted by atomic mass is 10.2. The maximum atomic E-state index is 10.4. The van der Waals surface area contributed by atoms with Crippen molar-refractivity contribution in [3.05, 3.63) is 127 Å². The third-order valence-corrected chi connectivity index (χ3v) is 9.63. The Labute approximate surface area is 202 Å². The van der Waals surface area contributed by atoms with Crippen molar-refractivity contribution in [1.29, 1.82) is 0 Å². The second-order valence-electron chi connectivity index (χ2n) is 7.60. The highest BCUT2D eigenvalue weighted by Crippen LogP contribution is 2.54. The standard InChI is InChI=1S/C21H20P.C7H8O4S/c1-22(20-13-7-3-8-14-20,21-15-9-4-10-16-21)18-17-19-11-5-2-6-12-19;1-11-6-2-4-7(5-3-6)12(8,9)10/h2-18H,1H3;2-5H,1H3,(H,8,9,10)/q+1;/p-1/b18-17+;. The predicted octanol–water partition coefficient (Wildman–Crippen LogP) is 5.56. The summed E-state index contributed by atoms with van der Waals surface area (Å²) in [5.74, 6) is 2.93. The van der Waals surface area contributed by atoms with Crippen molar-refractivity contribution in [3.8, 4) is 5.75 Å². The molecule has 0 heterocycles. The highest BCUT2D eigenvalue weighted by molar-refractivity contribution is 7.91. The fraction of sp³-hybridized carbons (Fsp3) is 0.0714. The number of methoxy groups -OCH3 is 1. The van der Waals surface area contributed by atoms with E-state index >= 15 is 0 Å². The van der Waals surface area contributed by atoms with Crippen molar-refractivity contribution in [3.63, 3.8) is 0 Å². The molecule has 0 saturated heterocycles. The molecule has 0 atom stereocenters.